The Morgan fingerprint density at radius 3 is 2.66 bits per heavy atom. The Balaban J connectivity index is 1.56. The molecule has 0 saturated carbocycles. The Morgan fingerprint density at radius 2 is 1.94 bits per heavy atom. The van der Waals surface area contributed by atoms with Crippen LogP contribution < -0.4 is 9.47 Å². The monoisotopic (exact) mass is 604 g/mol. The van der Waals surface area contributed by atoms with Gasteiger partial charge in [-0.15, -0.1) is 0 Å². The van der Waals surface area contributed by atoms with Gasteiger partial charge in [-0.25, -0.2) is 9.79 Å². The lowest BCUT2D eigenvalue weighted by Crippen LogP contribution is -2.06. The predicted molar refractivity (Wildman–Crippen MR) is 140 cm³/mol. The smallest absolute Gasteiger partial charge is 0.363 e. The van der Waals surface area contributed by atoms with Crippen LogP contribution in [0.4, 0.5) is 5.69 Å². The van der Waals surface area contributed by atoms with Crippen molar-refractivity contribution in [1.82, 2.24) is 0 Å². The van der Waals surface area contributed by atoms with Gasteiger partial charge in [0.1, 0.15) is 5.02 Å². The van der Waals surface area contributed by atoms with Crippen molar-refractivity contribution in [2.24, 2.45) is 4.99 Å². The van der Waals surface area contributed by atoms with E-state index in [0.29, 0.717) is 23.7 Å². The van der Waals surface area contributed by atoms with Crippen LogP contribution in [0.5, 0.6) is 11.5 Å². The number of cyclic esters (lactones) is 1. The van der Waals surface area contributed by atoms with Gasteiger partial charge in [0.05, 0.1) is 22.2 Å². The normalized spacial score (nSPS) is 14.0. The summed E-state index contributed by atoms with van der Waals surface area (Å²) in [4.78, 5) is 27.2. The van der Waals surface area contributed by atoms with E-state index in [1.165, 1.54) is 23.8 Å². The van der Waals surface area contributed by atoms with E-state index in [1.807, 2.05) is 36.4 Å². The zero-order chi connectivity index (χ0) is 24.9. The zero-order valence-corrected chi connectivity index (χ0v) is 21.3. The number of hydrogen-bond acceptors (Lipinski definition) is 7. The Hall–Kier alpha value is -3.44. The second-order valence-corrected chi connectivity index (χ2v) is 8.95. The third-order valence-corrected chi connectivity index (χ3v) is 6.17. The van der Waals surface area contributed by atoms with Gasteiger partial charge in [-0.1, -0.05) is 41.9 Å². The third kappa shape index (κ3) is 5.80. The van der Waals surface area contributed by atoms with Gasteiger partial charge in [0.2, 0.25) is 5.90 Å². The maximum absolute atomic E-state index is 12.4. The fourth-order valence-corrected chi connectivity index (χ4v) is 4.32. The Labute approximate surface area is 219 Å². The summed E-state index contributed by atoms with van der Waals surface area (Å²) in [6, 6.07) is 17.7. The molecule has 10 heteroatoms. The highest BCUT2D eigenvalue weighted by Gasteiger charge is 2.26. The molecule has 0 fully saturated rings. The van der Waals surface area contributed by atoms with Crippen LogP contribution >= 0.6 is 34.2 Å². The first-order chi connectivity index (χ1) is 16.9. The van der Waals surface area contributed by atoms with Crippen LogP contribution in [0.3, 0.4) is 0 Å². The van der Waals surface area contributed by atoms with Crippen LogP contribution in [0.1, 0.15) is 16.7 Å². The molecule has 0 saturated heterocycles. The van der Waals surface area contributed by atoms with Gasteiger partial charge in [-0.2, -0.15) is 0 Å². The number of nitro groups is 1. The molecule has 1 heterocycles. The molecule has 0 atom stereocenters. The Bertz CT molecular complexity index is 1360. The van der Waals surface area contributed by atoms with Crippen molar-refractivity contribution in [3.8, 4) is 11.5 Å². The maximum Gasteiger partial charge on any atom is 0.363 e. The van der Waals surface area contributed by atoms with Gasteiger partial charge in [0, 0.05) is 18.1 Å². The van der Waals surface area contributed by atoms with E-state index in [2.05, 4.69) is 27.6 Å². The van der Waals surface area contributed by atoms with Gasteiger partial charge in [-0.3, -0.25) is 10.1 Å². The van der Waals surface area contributed by atoms with Crippen molar-refractivity contribution < 1.29 is 23.9 Å². The number of nitro benzene ring substituents is 1. The van der Waals surface area contributed by atoms with Gasteiger partial charge < -0.3 is 14.2 Å². The van der Waals surface area contributed by atoms with Crippen LogP contribution in [0.25, 0.3) is 6.08 Å². The number of carbonyl (C=O) groups excluding carboxylic acids is 1. The van der Waals surface area contributed by atoms with Crippen molar-refractivity contribution in [2.75, 3.05) is 13.7 Å². The molecule has 0 N–H and O–H groups in total. The largest absolute Gasteiger partial charge is 0.493 e. The molecule has 0 bridgehead atoms. The fraction of sp³-hybridized carbons (Fsp3) is 0.120. The number of rotatable bonds is 8. The number of ether oxygens (including phenoxy) is 3. The molecule has 8 nitrogen and oxygen atoms in total. The maximum atomic E-state index is 12.4. The van der Waals surface area contributed by atoms with Crippen molar-refractivity contribution in [2.45, 2.75) is 6.42 Å². The molecule has 178 valence electrons. The first-order valence-electron chi connectivity index (χ1n) is 10.4. The molecule has 3 aromatic rings. The number of methoxy groups -OCH3 is 1. The Morgan fingerprint density at radius 1 is 1.17 bits per heavy atom. The van der Waals surface area contributed by atoms with Crippen molar-refractivity contribution in [1.29, 1.82) is 0 Å². The van der Waals surface area contributed by atoms with Crippen LogP contribution in [-0.2, 0) is 16.0 Å². The average molecular weight is 605 g/mol. The van der Waals surface area contributed by atoms with E-state index in [4.69, 9.17) is 25.8 Å². The number of nitrogens with zero attached hydrogens (tertiary/aromatic N) is 2. The van der Waals surface area contributed by atoms with Gasteiger partial charge in [-0.05, 0) is 64.1 Å². The second-order valence-electron chi connectivity index (χ2n) is 7.38. The van der Waals surface area contributed by atoms with Crippen molar-refractivity contribution >= 4 is 57.8 Å². The second kappa shape index (κ2) is 10.9. The number of halogens is 2. The third-order valence-electron chi connectivity index (χ3n) is 5.05. The van der Waals surface area contributed by atoms with Gasteiger partial charge in [0.15, 0.2) is 17.2 Å². The average Bonchev–Trinajstić information content (AvgIpc) is 3.20. The minimum absolute atomic E-state index is 0.0211. The highest BCUT2D eigenvalue weighted by molar-refractivity contribution is 14.1. The SMILES string of the molecule is COc1cc(/C=C2\N=C(c3ccc(Cl)c([N+](=O)[O-])c3)OC2=O)cc(I)c1OCCc1ccccc1. The van der Waals surface area contributed by atoms with E-state index >= 15 is 0 Å². The summed E-state index contributed by atoms with van der Waals surface area (Å²) in [6.07, 6.45) is 2.30. The number of benzene rings is 3. The Kier molecular flexibility index (Phi) is 7.67. The molecule has 3 aromatic carbocycles. The minimum Gasteiger partial charge on any atom is -0.493 e. The summed E-state index contributed by atoms with van der Waals surface area (Å²) >= 11 is 8.00. The summed E-state index contributed by atoms with van der Waals surface area (Å²) in [7, 11) is 1.54. The van der Waals surface area contributed by atoms with Crippen LogP contribution in [0.2, 0.25) is 5.02 Å². The number of carbonyl (C=O) groups is 1. The molecule has 0 radical (unpaired) electrons. The lowest BCUT2D eigenvalue weighted by atomic mass is 10.1. The van der Waals surface area contributed by atoms with Gasteiger partial charge >= 0.3 is 5.97 Å². The number of hydrogen-bond donors (Lipinski definition) is 0. The molecule has 0 spiro atoms. The molecule has 0 amide bonds. The number of esters is 1. The molecule has 1 aliphatic rings. The predicted octanol–water partition coefficient (Wildman–Crippen LogP) is 5.83. The zero-order valence-electron chi connectivity index (χ0n) is 18.4. The first kappa shape index (κ1) is 24.7. The van der Waals surface area contributed by atoms with Crippen molar-refractivity contribution in [3.05, 3.63) is 102 Å². The van der Waals surface area contributed by atoms with E-state index in [9.17, 15) is 14.9 Å². The lowest BCUT2D eigenvalue weighted by molar-refractivity contribution is -0.384. The molecular formula is C25H18ClIN2O6. The first-order valence-corrected chi connectivity index (χ1v) is 11.8. The molecule has 35 heavy (non-hydrogen) atoms. The summed E-state index contributed by atoms with van der Waals surface area (Å²) < 4.78 is 17.5. The molecule has 4 rings (SSSR count). The molecule has 0 unspecified atom stereocenters. The molecule has 0 aromatic heterocycles. The molecule has 0 aliphatic carbocycles. The van der Waals surface area contributed by atoms with E-state index in [-0.39, 0.29) is 27.9 Å². The topological polar surface area (TPSA) is 100 Å². The van der Waals surface area contributed by atoms with E-state index in [1.54, 1.807) is 19.3 Å². The summed E-state index contributed by atoms with van der Waals surface area (Å²) in [5, 5.41) is 11.1. The highest BCUT2D eigenvalue weighted by Crippen LogP contribution is 2.35. The fourth-order valence-electron chi connectivity index (χ4n) is 3.35. The van der Waals surface area contributed by atoms with Crippen LogP contribution in [0, 0.1) is 13.7 Å². The van der Waals surface area contributed by atoms with Crippen LogP contribution in [0.15, 0.2) is 71.4 Å². The highest BCUT2D eigenvalue weighted by atomic mass is 127. The molecular weight excluding hydrogens is 587 g/mol. The number of aliphatic imine (C=N–C) groups is 1. The molecule has 1 aliphatic heterocycles. The lowest BCUT2D eigenvalue weighted by Gasteiger charge is -2.13. The van der Waals surface area contributed by atoms with Crippen molar-refractivity contribution in [3.63, 3.8) is 0 Å². The van der Waals surface area contributed by atoms with E-state index in [0.717, 1.165) is 9.99 Å². The summed E-state index contributed by atoms with van der Waals surface area (Å²) in [6.45, 7) is 0.476. The summed E-state index contributed by atoms with van der Waals surface area (Å²) in [5.74, 6) is 0.414. The van der Waals surface area contributed by atoms with Crippen LogP contribution in [-0.4, -0.2) is 30.5 Å². The standard InChI is InChI=1S/C25H18ClIN2O6/c1-33-22-13-16(11-19(27)23(22)34-10-9-15-5-3-2-4-6-15)12-20-25(30)35-24(28-20)17-7-8-18(26)21(14-17)29(31)32/h2-8,11-14H,9-10H2,1H3/b20-12-. The summed E-state index contributed by atoms with van der Waals surface area (Å²) in [5.41, 5.74) is 1.84. The minimum atomic E-state index is -0.672. The quantitative estimate of drug-likeness (QED) is 0.106. The van der Waals surface area contributed by atoms with E-state index < -0.39 is 10.9 Å². The van der Waals surface area contributed by atoms with Gasteiger partial charge in [0.25, 0.3) is 5.69 Å².